The average Bonchev–Trinajstić information content (AvgIpc) is 2.71. The monoisotopic (exact) mass is 460 g/mol. The van der Waals surface area contributed by atoms with Crippen molar-refractivity contribution in [2.75, 3.05) is 19.6 Å². The van der Waals surface area contributed by atoms with Gasteiger partial charge in [-0.3, -0.25) is 23.9 Å². The average molecular weight is 460 g/mol. The highest BCUT2D eigenvalue weighted by Gasteiger charge is 2.58. The second kappa shape index (κ2) is 8.38. The summed E-state index contributed by atoms with van der Waals surface area (Å²) >= 11 is 0. The van der Waals surface area contributed by atoms with Gasteiger partial charge in [0.15, 0.2) is 0 Å². The summed E-state index contributed by atoms with van der Waals surface area (Å²) in [5.74, 6) is -1.86. The first kappa shape index (κ1) is 24.0. The van der Waals surface area contributed by atoms with E-state index in [0.29, 0.717) is 39.2 Å². The van der Waals surface area contributed by atoms with E-state index in [2.05, 4.69) is 4.98 Å². The van der Waals surface area contributed by atoms with Crippen LogP contribution in [0.4, 0.5) is 13.2 Å². The van der Waals surface area contributed by atoms with Crippen molar-refractivity contribution in [2.45, 2.75) is 69.8 Å². The van der Waals surface area contributed by atoms with Crippen LogP contribution >= 0.6 is 0 Å². The topological polar surface area (TPSA) is 116 Å². The van der Waals surface area contributed by atoms with Crippen LogP contribution in [-0.4, -0.2) is 73.2 Å². The second-order valence-corrected chi connectivity index (χ2v) is 8.83. The Hall–Kier alpha value is -2.63. The molecular formula is C20H27F3N4O5. The molecule has 2 saturated heterocycles. The van der Waals surface area contributed by atoms with E-state index >= 15 is 0 Å². The van der Waals surface area contributed by atoms with Gasteiger partial charge in [0.05, 0.1) is 5.54 Å². The van der Waals surface area contributed by atoms with E-state index in [-0.39, 0.29) is 25.2 Å². The smallest absolute Gasteiger partial charge is 0.373 e. The first-order chi connectivity index (χ1) is 14.8. The Balaban J connectivity index is 1.85. The number of carbonyl (C=O) groups is 2. The minimum atomic E-state index is -5.12. The van der Waals surface area contributed by atoms with Crippen molar-refractivity contribution in [3.05, 3.63) is 32.6 Å². The molecule has 178 valence electrons. The fourth-order valence-electron chi connectivity index (χ4n) is 4.59. The second-order valence-electron chi connectivity index (χ2n) is 8.83. The van der Waals surface area contributed by atoms with E-state index in [1.165, 1.54) is 13.1 Å². The number of piperidine rings is 2. The largest absolute Gasteiger partial charge is 0.426 e. The first-order valence-corrected chi connectivity index (χ1v) is 10.5. The molecule has 0 radical (unpaired) electrons. The standard InChI is InChI=1S/C20H27F3N4O5/c1-13-10-26(17(31)24-15(13)29)11-14(28)27-9-4-3-6-19(27)7-5-8-25(12-19)16(30)18(2,32)20(21,22)23/h10,32H,3-9,11-12H2,1-2H3,(H,24,29,31). The molecule has 0 aromatic carbocycles. The molecule has 9 nitrogen and oxygen atoms in total. The van der Waals surface area contributed by atoms with Crippen LogP contribution in [0.25, 0.3) is 0 Å². The number of nitrogens with zero attached hydrogens (tertiary/aromatic N) is 3. The molecule has 1 spiro atoms. The molecule has 3 rings (SSSR count). The van der Waals surface area contributed by atoms with Crippen LogP contribution in [0.5, 0.6) is 0 Å². The Morgan fingerprint density at radius 1 is 1.16 bits per heavy atom. The highest BCUT2D eigenvalue weighted by molar-refractivity contribution is 5.86. The number of aliphatic hydroxyl groups is 1. The number of halogens is 3. The number of nitrogens with one attached hydrogen (secondary N) is 1. The van der Waals surface area contributed by atoms with E-state index in [9.17, 15) is 37.5 Å². The molecule has 2 unspecified atom stereocenters. The van der Waals surface area contributed by atoms with Crippen LogP contribution in [0.1, 0.15) is 44.6 Å². The van der Waals surface area contributed by atoms with Gasteiger partial charge in [0, 0.05) is 31.4 Å². The number of hydrogen-bond acceptors (Lipinski definition) is 5. The third kappa shape index (κ3) is 4.32. The maximum Gasteiger partial charge on any atom is 0.426 e. The van der Waals surface area contributed by atoms with E-state index in [1.807, 2.05) is 0 Å². The fraction of sp³-hybridized carbons (Fsp3) is 0.700. The number of rotatable bonds is 3. The molecule has 0 bridgehead atoms. The van der Waals surface area contributed by atoms with Gasteiger partial charge in [0.1, 0.15) is 6.54 Å². The quantitative estimate of drug-likeness (QED) is 0.683. The fourth-order valence-corrected chi connectivity index (χ4v) is 4.59. The van der Waals surface area contributed by atoms with Crippen molar-refractivity contribution in [3.63, 3.8) is 0 Å². The van der Waals surface area contributed by atoms with E-state index < -0.39 is 40.4 Å². The third-order valence-electron chi connectivity index (χ3n) is 6.45. The van der Waals surface area contributed by atoms with Crippen LogP contribution in [0.15, 0.2) is 15.8 Å². The summed E-state index contributed by atoms with van der Waals surface area (Å²) in [5, 5.41) is 9.84. The maximum atomic E-state index is 13.2. The number of H-pyrrole nitrogens is 1. The zero-order valence-corrected chi connectivity index (χ0v) is 18.0. The Morgan fingerprint density at radius 3 is 2.47 bits per heavy atom. The summed E-state index contributed by atoms with van der Waals surface area (Å²) in [6, 6.07) is 0. The van der Waals surface area contributed by atoms with Crippen molar-refractivity contribution in [1.29, 1.82) is 0 Å². The van der Waals surface area contributed by atoms with E-state index in [4.69, 9.17) is 0 Å². The lowest BCUT2D eigenvalue weighted by molar-refractivity contribution is -0.251. The number of likely N-dealkylation sites (tertiary alicyclic amines) is 2. The van der Waals surface area contributed by atoms with Gasteiger partial charge in [-0.1, -0.05) is 0 Å². The molecule has 3 heterocycles. The van der Waals surface area contributed by atoms with E-state index in [1.54, 1.807) is 4.90 Å². The molecule has 2 aliphatic rings. The molecule has 2 atom stereocenters. The van der Waals surface area contributed by atoms with Crippen LogP contribution < -0.4 is 11.2 Å². The van der Waals surface area contributed by atoms with Crippen LogP contribution in [0.2, 0.25) is 0 Å². The Bertz CT molecular complexity index is 1010. The Morgan fingerprint density at radius 2 is 1.81 bits per heavy atom. The van der Waals surface area contributed by atoms with Gasteiger partial charge in [-0.2, -0.15) is 13.2 Å². The lowest BCUT2D eigenvalue weighted by atomic mass is 9.79. The van der Waals surface area contributed by atoms with Crippen LogP contribution in [0.3, 0.4) is 0 Å². The van der Waals surface area contributed by atoms with Gasteiger partial charge >= 0.3 is 11.9 Å². The number of aromatic nitrogens is 2. The van der Waals surface area contributed by atoms with Gasteiger partial charge in [-0.15, -0.1) is 0 Å². The summed E-state index contributed by atoms with van der Waals surface area (Å²) in [6.45, 7) is 1.86. The van der Waals surface area contributed by atoms with E-state index in [0.717, 1.165) is 15.9 Å². The third-order valence-corrected chi connectivity index (χ3v) is 6.45. The Kier molecular flexibility index (Phi) is 6.29. The summed E-state index contributed by atoms with van der Waals surface area (Å²) < 4.78 is 40.7. The number of aromatic amines is 1. The van der Waals surface area contributed by atoms with Crippen LogP contribution in [0, 0.1) is 6.92 Å². The van der Waals surface area contributed by atoms with Crippen molar-refractivity contribution in [1.82, 2.24) is 19.4 Å². The minimum Gasteiger partial charge on any atom is -0.373 e. The predicted octanol–water partition coefficient (Wildman–Crippen LogP) is 0.532. The normalized spacial score (nSPS) is 23.8. The van der Waals surface area contributed by atoms with Gasteiger partial charge < -0.3 is 14.9 Å². The molecular weight excluding hydrogens is 433 g/mol. The summed E-state index contributed by atoms with van der Waals surface area (Å²) in [6.07, 6.45) is -1.05. The van der Waals surface area contributed by atoms with Crippen molar-refractivity contribution >= 4 is 11.8 Å². The molecule has 2 fully saturated rings. The zero-order chi connectivity index (χ0) is 23.9. The molecule has 2 aliphatic heterocycles. The lowest BCUT2D eigenvalue weighted by Crippen LogP contribution is -2.66. The van der Waals surface area contributed by atoms with Crippen molar-refractivity contribution < 1.29 is 27.9 Å². The van der Waals surface area contributed by atoms with Gasteiger partial charge in [0.25, 0.3) is 11.5 Å². The van der Waals surface area contributed by atoms with Crippen molar-refractivity contribution in [3.8, 4) is 0 Å². The maximum absolute atomic E-state index is 13.2. The number of alkyl halides is 3. The van der Waals surface area contributed by atoms with Crippen LogP contribution in [-0.2, 0) is 16.1 Å². The number of amides is 2. The molecule has 0 aliphatic carbocycles. The van der Waals surface area contributed by atoms with Gasteiger partial charge in [-0.25, -0.2) is 4.79 Å². The number of carbonyl (C=O) groups excluding carboxylic acids is 2. The first-order valence-electron chi connectivity index (χ1n) is 10.5. The highest BCUT2D eigenvalue weighted by atomic mass is 19.4. The Labute approximate surface area is 181 Å². The molecule has 0 saturated carbocycles. The molecule has 1 aromatic rings. The summed E-state index contributed by atoms with van der Waals surface area (Å²) in [5.41, 5.74) is -5.41. The van der Waals surface area contributed by atoms with Gasteiger partial charge in [0.2, 0.25) is 11.5 Å². The summed E-state index contributed by atoms with van der Waals surface area (Å²) in [4.78, 5) is 54.0. The molecule has 2 N–H and O–H groups in total. The summed E-state index contributed by atoms with van der Waals surface area (Å²) in [7, 11) is 0. The van der Waals surface area contributed by atoms with Crippen molar-refractivity contribution in [2.24, 2.45) is 0 Å². The molecule has 1 aromatic heterocycles. The SMILES string of the molecule is Cc1cn(CC(=O)N2CCCCC23CCCN(C(=O)C(C)(O)C(F)(F)F)C3)c(=O)[nH]c1=O. The minimum absolute atomic E-state index is 0.0490. The molecule has 32 heavy (non-hydrogen) atoms. The lowest BCUT2D eigenvalue weighted by Gasteiger charge is -2.53. The number of aryl methyl sites for hydroxylation is 1. The van der Waals surface area contributed by atoms with Gasteiger partial charge in [-0.05, 0) is 46.0 Å². The predicted molar refractivity (Wildman–Crippen MR) is 107 cm³/mol. The molecule has 12 heteroatoms. The zero-order valence-electron chi connectivity index (χ0n) is 18.0. The highest BCUT2D eigenvalue weighted by Crippen LogP contribution is 2.39. The number of hydrogen-bond donors (Lipinski definition) is 2. The molecule has 2 amide bonds.